The fourth-order valence-corrected chi connectivity index (χ4v) is 3.11. The third kappa shape index (κ3) is 7.30. The first-order valence-electron chi connectivity index (χ1n) is 10.3. The minimum atomic E-state index is -0.636. The zero-order valence-electron chi connectivity index (χ0n) is 18.8. The summed E-state index contributed by atoms with van der Waals surface area (Å²) in [4.78, 5) is 36.4. The van der Waals surface area contributed by atoms with Gasteiger partial charge in [0.1, 0.15) is 0 Å². The van der Waals surface area contributed by atoms with Crippen LogP contribution in [0.5, 0.6) is 11.5 Å². The number of carbonyl (C=O) groups is 3. The summed E-state index contributed by atoms with van der Waals surface area (Å²) in [6.07, 6.45) is 1.38. The maximum absolute atomic E-state index is 12.4. The average Bonchev–Trinajstić information content (AvgIpc) is 2.85. The quantitative estimate of drug-likeness (QED) is 0.201. The van der Waals surface area contributed by atoms with Crippen LogP contribution in [-0.4, -0.2) is 37.7 Å². The highest BCUT2D eigenvalue weighted by atomic mass is 35.5. The van der Waals surface area contributed by atoms with E-state index in [9.17, 15) is 14.4 Å². The molecule has 0 spiro atoms. The number of hydrazone groups is 1. The first kappa shape index (κ1) is 25.7. The molecule has 0 saturated carbocycles. The molecule has 0 aromatic heterocycles. The number of aryl methyl sites for hydroxylation is 1. The van der Waals surface area contributed by atoms with Gasteiger partial charge in [-0.15, -0.1) is 0 Å². The Morgan fingerprint density at radius 2 is 1.63 bits per heavy atom. The molecule has 10 heteroatoms. The number of carbonyl (C=O) groups excluding carboxylic acids is 3. The molecule has 0 unspecified atom stereocenters. The molecule has 3 aromatic carbocycles. The minimum absolute atomic E-state index is 0.184. The Hall–Kier alpha value is -3.88. The lowest BCUT2D eigenvalue weighted by Gasteiger charge is -2.10. The molecule has 0 aliphatic rings. The van der Waals surface area contributed by atoms with Crippen LogP contribution in [0.25, 0.3) is 0 Å². The Balaban J connectivity index is 1.55. The van der Waals surface area contributed by atoms with Crippen molar-refractivity contribution < 1.29 is 23.9 Å². The molecule has 0 aliphatic heterocycles. The van der Waals surface area contributed by atoms with Gasteiger partial charge in [0.2, 0.25) is 0 Å². The van der Waals surface area contributed by atoms with E-state index >= 15 is 0 Å². The number of methoxy groups -OCH3 is 1. The molecule has 0 atom stereocenters. The number of benzene rings is 3. The number of nitrogens with zero attached hydrogens (tertiary/aromatic N) is 1. The number of ether oxygens (including phenoxy) is 2. The zero-order chi connectivity index (χ0) is 25.4. The highest BCUT2D eigenvalue weighted by Gasteiger charge is 2.14. The van der Waals surface area contributed by atoms with Crippen molar-refractivity contribution in [3.8, 4) is 11.5 Å². The smallest absolute Gasteiger partial charge is 0.343 e. The van der Waals surface area contributed by atoms with Gasteiger partial charge in [0.15, 0.2) is 11.5 Å². The topological polar surface area (TPSA) is 106 Å². The summed E-state index contributed by atoms with van der Waals surface area (Å²) >= 11 is 11.8. The van der Waals surface area contributed by atoms with Crippen LogP contribution in [0.1, 0.15) is 31.8 Å². The van der Waals surface area contributed by atoms with E-state index in [-0.39, 0.29) is 34.5 Å². The first-order valence-corrected chi connectivity index (χ1v) is 11.0. The molecule has 0 fully saturated rings. The first-order chi connectivity index (χ1) is 16.8. The summed E-state index contributed by atoms with van der Waals surface area (Å²) in [7, 11) is 1.42. The predicted molar refractivity (Wildman–Crippen MR) is 134 cm³/mol. The van der Waals surface area contributed by atoms with E-state index in [0.717, 1.165) is 5.56 Å². The third-order valence-electron chi connectivity index (χ3n) is 4.67. The number of nitrogens with one attached hydrogen (secondary N) is 2. The summed E-state index contributed by atoms with van der Waals surface area (Å²) in [5, 5.41) is 6.95. The second kappa shape index (κ2) is 12.0. The second-order valence-electron chi connectivity index (χ2n) is 7.27. The van der Waals surface area contributed by atoms with Gasteiger partial charge in [0.25, 0.3) is 11.8 Å². The molecule has 2 N–H and O–H groups in total. The van der Waals surface area contributed by atoms with Crippen LogP contribution in [0.15, 0.2) is 65.8 Å². The van der Waals surface area contributed by atoms with Crippen molar-refractivity contribution in [2.24, 2.45) is 5.10 Å². The summed E-state index contributed by atoms with van der Waals surface area (Å²) in [6.45, 7) is 1.68. The average molecular weight is 514 g/mol. The number of amides is 2. The van der Waals surface area contributed by atoms with Crippen LogP contribution in [0.4, 0.5) is 0 Å². The molecular weight excluding hydrogens is 493 g/mol. The van der Waals surface area contributed by atoms with Gasteiger partial charge in [-0.05, 0) is 61.0 Å². The lowest BCUT2D eigenvalue weighted by molar-refractivity contribution is -0.120. The number of halogens is 2. The van der Waals surface area contributed by atoms with Crippen LogP contribution in [-0.2, 0) is 4.79 Å². The largest absolute Gasteiger partial charge is 0.493 e. The van der Waals surface area contributed by atoms with E-state index in [1.54, 1.807) is 24.3 Å². The van der Waals surface area contributed by atoms with Crippen LogP contribution in [0, 0.1) is 6.92 Å². The van der Waals surface area contributed by atoms with Gasteiger partial charge >= 0.3 is 5.97 Å². The van der Waals surface area contributed by atoms with Crippen molar-refractivity contribution in [3.63, 3.8) is 0 Å². The van der Waals surface area contributed by atoms with Crippen molar-refractivity contribution in [2.45, 2.75) is 6.92 Å². The van der Waals surface area contributed by atoms with Crippen molar-refractivity contribution in [3.05, 3.63) is 93.0 Å². The standard InChI is InChI=1S/C25H21Cl2N3O5/c1-15-3-6-17(7-4-15)24(32)28-14-23(31)30-29-13-16-5-10-21(22(11-16)34-2)35-25(33)18-8-9-19(26)20(27)12-18/h3-13H,14H2,1-2H3,(H,28,32)(H,30,31)/b29-13-. The van der Waals surface area contributed by atoms with E-state index in [1.807, 2.05) is 19.1 Å². The van der Waals surface area contributed by atoms with Gasteiger partial charge in [-0.1, -0.05) is 40.9 Å². The van der Waals surface area contributed by atoms with E-state index < -0.39 is 11.9 Å². The van der Waals surface area contributed by atoms with E-state index in [0.29, 0.717) is 16.1 Å². The van der Waals surface area contributed by atoms with Crippen LogP contribution >= 0.6 is 23.2 Å². The van der Waals surface area contributed by atoms with Gasteiger partial charge < -0.3 is 14.8 Å². The number of rotatable bonds is 8. The van der Waals surface area contributed by atoms with Gasteiger partial charge in [0.05, 0.1) is 35.5 Å². The van der Waals surface area contributed by atoms with E-state index in [1.165, 1.54) is 37.6 Å². The number of esters is 1. The zero-order valence-corrected chi connectivity index (χ0v) is 20.3. The van der Waals surface area contributed by atoms with Gasteiger partial charge in [-0.25, -0.2) is 10.2 Å². The van der Waals surface area contributed by atoms with Gasteiger partial charge in [0, 0.05) is 5.56 Å². The van der Waals surface area contributed by atoms with Crippen molar-refractivity contribution in [2.75, 3.05) is 13.7 Å². The molecule has 0 radical (unpaired) electrons. The van der Waals surface area contributed by atoms with Crippen LogP contribution in [0.2, 0.25) is 10.0 Å². The van der Waals surface area contributed by atoms with Crippen LogP contribution in [0.3, 0.4) is 0 Å². The highest BCUT2D eigenvalue weighted by Crippen LogP contribution is 2.29. The molecule has 0 saturated heterocycles. The Morgan fingerprint density at radius 3 is 2.31 bits per heavy atom. The van der Waals surface area contributed by atoms with E-state index in [2.05, 4.69) is 15.8 Å². The lowest BCUT2D eigenvalue weighted by atomic mass is 10.1. The van der Waals surface area contributed by atoms with Crippen molar-refractivity contribution >= 4 is 47.2 Å². The Morgan fingerprint density at radius 1 is 0.914 bits per heavy atom. The molecule has 2 amide bonds. The summed E-state index contributed by atoms with van der Waals surface area (Å²) in [5.74, 6) is -1.04. The summed E-state index contributed by atoms with van der Waals surface area (Å²) in [6, 6.07) is 16.1. The van der Waals surface area contributed by atoms with Crippen molar-refractivity contribution in [1.29, 1.82) is 0 Å². The van der Waals surface area contributed by atoms with Gasteiger partial charge in [-0.3, -0.25) is 9.59 Å². The maximum Gasteiger partial charge on any atom is 0.343 e. The SMILES string of the molecule is COc1cc(/C=N\NC(=O)CNC(=O)c2ccc(C)cc2)ccc1OC(=O)c1ccc(Cl)c(Cl)c1. The molecule has 35 heavy (non-hydrogen) atoms. The Bertz CT molecular complexity index is 1280. The van der Waals surface area contributed by atoms with Crippen LogP contribution < -0.4 is 20.2 Å². The van der Waals surface area contributed by atoms with Crippen molar-refractivity contribution in [1.82, 2.24) is 10.7 Å². The fourth-order valence-electron chi connectivity index (χ4n) is 2.82. The Labute approximate surface area is 211 Å². The minimum Gasteiger partial charge on any atom is -0.493 e. The van der Waals surface area contributed by atoms with E-state index in [4.69, 9.17) is 32.7 Å². The normalized spacial score (nSPS) is 10.6. The highest BCUT2D eigenvalue weighted by molar-refractivity contribution is 6.42. The summed E-state index contributed by atoms with van der Waals surface area (Å²) < 4.78 is 10.7. The fraction of sp³-hybridized carbons (Fsp3) is 0.120. The molecule has 8 nitrogen and oxygen atoms in total. The lowest BCUT2D eigenvalue weighted by Crippen LogP contribution is -2.34. The molecular formula is C25H21Cl2N3O5. The monoisotopic (exact) mass is 513 g/mol. The number of hydrogen-bond donors (Lipinski definition) is 2. The molecule has 0 bridgehead atoms. The second-order valence-corrected chi connectivity index (χ2v) is 8.08. The predicted octanol–water partition coefficient (Wildman–Crippen LogP) is 4.41. The number of hydrogen-bond acceptors (Lipinski definition) is 6. The molecule has 3 aromatic rings. The third-order valence-corrected chi connectivity index (χ3v) is 5.41. The Kier molecular flexibility index (Phi) is 8.83. The maximum atomic E-state index is 12.4. The molecule has 0 aliphatic carbocycles. The molecule has 0 heterocycles. The summed E-state index contributed by atoms with van der Waals surface area (Å²) in [5.41, 5.74) is 4.61. The van der Waals surface area contributed by atoms with Gasteiger partial charge in [-0.2, -0.15) is 5.10 Å². The molecule has 180 valence electrons. The molecule has 3 rings (SSSR count).